The van der Waals surface area contributed by atoms with Crippen molar-refractivity contribution in [3.05, 3.63) is 62.4 Å². The number of carboxylic acid groups (broad SMARTS) is 1. The average Bonchev–Trinajstić information content (AvgIpc) is 2.36. The van der Waals surface area contributed by atoms with E-state index >= 15 is 0 Å². The van der Waals surface area contributed by atoms with Crippen LogP contribution in [0.5, 0.6) is 11.5 Å². The van der Waals surface area contributed by atoms with Crippen LogP contribution in [0.4, 0.5) is 10.1 Å². The Morgan fingerprint density at radius 3 is 2.52 bits per heavy atom. The fourth-order valence-corrected chi connectivity index (χ4v) is 2.07. The molecule has 0 bridgehead atoms. The number of hydrogen-bond donors (Lipinski definition) is 1. The van der Waals surface area contributed by atoms with E-state index in [4.69, 9.17) is 9.84 Å². The van der Waals surface area contributed by atoms with Crippen molar-refractivity contribution in [3.63, 3.8) is 0 Å². The second-order valence-electron chi connectivity index (χ2n) is 3.95. The van der Waals surface area contributed by atoms with Gasteiger partial charge in [-0.3, -0.25) is 10.1 Å². The van der Waals surface area contributed by atoms with Crippen molar-refractivity contribution in [1.82, 2.24) is 0 Å². The molecule has 2 aromatic rings. The van der Waals surface area contributed by atoms with Crippen LogP contribution in [0.15, 0.2) is 40.9 Å². The molecule has 21 heavy (non-hydrogen) atoms. The van der Waals surface area contributed by atoms with E-state index in [1.54, 1.807) is 0 Å². The van der Waals surface area contributed by atoms with E-state index in [1.807, 2.05) is 0 Å². The monoisotopic (exact) mass is 355 g/mol. The van der Waals surface area contributed by atoms with Crippen LogP contribution in [0, 0.1) is 15.9 Å². The zero-order valence-electron chi connectivity index (χ0n) is 10.2. The van der Waals surface area contributed by atoms with Crippen LogP contribution >= 0.6 is 15.9 Å². The number of carboxylic acids is 1. The van der Waals surface area contributed by atoms with Gasteiger partial charge in [0.05, 0.1) is 11.0 Å². The van der Waals surface area contributed by atoms with Crippen LogP contribution in [0.1, 0.15) is 10.4 Å². The summed E-state index contributed by atoms with van der Waals surface area (Å²) in [6.07, 6.45) is 0. The molecule has 0 aromatic heterocycles. The first-order valence-electron chi connectivity index (χ1n) is 5.52. The largest absolute Gasteiger partial charge is 0.477 e. The van der Waals surface area contributed by atoms with Gasteiger partial charge < -0.3 is 9.84 Å². The van der Waals surface area contributed by atoms with Crippen LogP contribution in [0.3, 0.4) is 0 Å². The Kier molecular flexibility index (Phi) is 4.18. The third kappa shape index (κ3) is 3.54. The predicted molar refractivity (Wildman–Crippen MR) is 74.2 cm³/mol. The average molecular weight is 356 g/mol. The van der Waals surface area contributed by atoms with Gasteiger partial charge in [-0.1, -0.05) is 15.9 Å². The van der Waals surface area contributed by atoms with E-state index < -0.39 is 28.0 Å². The number of nitro benzene ring substituents is 1. The van der Waals surface area contributed by atoms with Crippen molar-refractivity contribution in [1.29, 1.82) is 0 Å². The molecule has 0 spiro atoms. The van der Waals surface area contributed by atoms with Crippen molar-refractivity contribution in [2.24, 2.45) is 0 Å². The molecule has 2 rings (SSSR count). The first kappa shape index (κ1) is 14.9. The van der Waals surface area contributed by atoms with E-state index in [0.29, 0.717) is 4.47 Å². The summed E-state index contributed by atoms with van der Waals surface area (Å²) in [5.74, 6) is -1.80. The molecule has 0 unspecified atom stereocenters. The van der Waals surface area contributed by atoms with Gasteiger partial charge in [0.1, 0.15) is 22.9 Å². The summed E-state index contributed by atoms with van der Waals surface area (Å²) in [6, 6.07) is 7.09. The predicted octanol–water partition coefficient (Wildman–Crippen LogP) is 3.99. The van der Waals surface area contributed by atoms with Crippen LogP contribution in [-0.4, -0.2) is 16.0 Å². The van der Waals surface area contributed by atoms with Crippen molar-refractivity contribution in [2.75, 3.05) is 0 Å². The molecule has 0 aliphatic carbocycles. The van der Waals surface area contributed by atoms with Gasteiger partial charge >= 0.3 is 5.97 Å². The number of rotatable bonds is 4. The SMILES string of the molecule is O=C(O)c1ccc(Oc2cc(F)cc(Br)c2)cc1[N+](=O)[O-]. The van der Waals surface area contributed by atoms with Gasteiger partial charge in [0.2, 0.25) is 0 Å². The first-order chi connectivity index (χ1) is 9.86. The fraction of sp³-hybridized carbons (Fsp3) is 0. The van der Waals surface area contributed by atoms with Crippen molar-refractivity contribution >= 4 is 27.6 Å². The van der Waals surface area contributed by atoms with Crippen molar-refractivity contribution < 1.29 is 24.0 Å². The molecule has 2 aromatic carbocycles. The zero-order chi connectivity index (χ0) is 15.6. The topological polar surface area (TPSA) is 89.7 Å². The van der Waals surface area contributed by atoms with Gasteiger partial charge in [-0.25, -0.2) is 9.18 Å². The lowest BCUT2D eigenvalue weighted by atomic mass is 10.1. The highest BCUT2D eigenvalue weighted by Gasteiger charge is 2.20. The molecule has 0 saturated heterocycles. The molecule has 0 aliphatic heterocycles. The fourth-order valence-electron chi connectivity index (χ4n) is 1.63. The normalized spacial score (nSPS) is 10.2. The maximum Gasteiger partial charge on any atom is 0.342 e. The molecule has 0 heterocycles. The van der Waals surface area contributed by atoms with Crippen molar-refractivity contribution in [2.45, 2.75) is 0 Å². The number of benzene rings is 2. The molecule has 108 valence electrons. The highest BCUT2D eigenvalue weighted by molar-refractivity contribution is 9.10. The summed E-state index contributed by atoms with van der Waals surface area (Å²) in [7, 11) is 0. The smallest absolute Gasteiger partial charge is 0.342 e. The number of carbonyl (C=O) groups is 1. The number of aromatic carboxylic acids is 1. The third-order valence-corrected chi connectivity index (χ3v) is 2.93. The van der Waals surface area contributed by atoms with Gasteiger partial charge in [0.25, 0.3) is 5.69 Å². The molecule has 0 fully saturated rings. The number of hydrogen-bond acceptors (Lipinski definition) is 4. The number of ether oxygens (including phenoxy) is 1. The van der Waals surface area contributed by atoms with Crippen LogP contribution < -0.4 is 4.74 Å². The number of nitrogens with zero attached hydrogens (tertiary/aromatic N) is 1. The summed E-state index contributed by atoms with van der Waals surface area (Å²) in [5, 5.41) is 19.7. The molecule has 8 heteroatoms. The van der Waals surface area contributed by atoms with Gasteiger partial charge in [-0.2, -0.15) is 0 Å². The first-order valence-corrected chi connectivity index (χ1v) is 6.32. The quantitative estimate of drug-likeness (QED) is 0.661. The second-order valence-corrected chi connectivity index (χ2v) is 4.86. The molecule has 1 N–H and O–H groups in total. The Bertz CT molecular complexity index is 714. The van der Waals surface area contributed by atoms with Gasteiger partial charge in [0.15, 0.2) is 0 Å². The molecule has 0 aliphatic rings. The van der Waals surface area contributed by atoms with E-state index in [9.17, 15) is 19.3 Å². The molecule has 0 atom stereocenters. The van der Waals surface area contributed by atoms with Crippen LogP contribution in [-0.2, 0) is 0 Å². The lowest BCUT2D eigenvalue weighted by molar-refractivity contribution is -0.385. The molecular weight excluding hydrogens is 349 g/mol. The highest BCUT2D eigenvalue weighted by atomic mass is 79.9. The molecular formula is C13H7BrFNO5. The summed E-state index contributed by atoms with van der Waals surface area (Å²) in [5.41, 5.74) is -1.05. The maximum absolute atomic E-state index is 13.2. The minimum absolute atomic E-state index is 0.0317. The Labute approximate surface area is 126 Å². The summed E-state index contributed by atoms with van der Waals surface area (Å²) in [4.78, 5) is 20.9. The maximum atomic E-state index is 13.2. The van der Waals surface area contributed by atoms with Crippen LogP contribution in [0.2, 0.25) is 0 Å². The second kappa shape index (κ2) is 5.88. The number of halogens is 2. The van der Waals surface area contributed by atoms with Crippen molar-refractivity contribution in [3.8, 4) is 11.5 Å². The van der Waals surface area contributed by atoms with E-state index in [0.717, 1.165) is 18.2 Å². The Morgan fingerprint density at radius 2 is 1.95 bits per heavy atom. The van der Waals surface area contributed by atoms with Gasteiger partial charge in [-0.05, 0) is 24.3 Å². The highest BCUT2D eigenvalue weighted by Crippen LogP contribution is 2.30. The summed E-state index contributed by atoms with van der Waals surface area (Å²) >= 11 is 3.09. The molecule has 0 saturated carbocycles. The lowest BCUT2D eigenvalue weighted by Gasteiger charge is -2.07. The standard InChI is InChI=1S/C13H7BrFNO5/c14-7-3-8(15)5-10(4-7)21-9-1-2-11(13(17)18)12(6-9)16(19)20/h1-6H,(H,17,18). The molecule has 0 amide bonds. The minimum Gasteiger partial charge on any atom is -0.477 e. The third-order valence-electron chi connectivity index (χ3n) is 2.47. The summed E-state index contributed by atoms with van der Waals surface area (Å²) in [6.45, 7) is 0. The Hall–Kier alpha value is -2.48. The zero-order valence-corrected chi connectivity index (χ0v) is 11.8. The minimum atomic E-state index is -1.42. The van der Waals surface area contributed by atoms with Crippen LogP contribution in [0.25, 0.3) is 0 Å². The van der Waals surface area contributed by atoms with E-state index in [-0.39, 0.29) is 11.5 Å². The molecule has 6 nitrogen and oxygen atoms in total. The Balaban J connectivity index is 2.39. The lowest BCUT2D eigenvalue weighted by Crippen LogP contribution is -2.02. The van der Waals surface area contributed by atoms with Gasteiger partial charge in [-0.15, -0.1) is 0 Å². The molecule has 0 radical (unpaired) electrons. The summed E-state index contributed by atoms with van der Waals surface area (Å²) < 4.78 is 18.9. The number of nitro groups is 1. The van der Waals surface area contributed by atoms with Gasteiger partial charge in [0, 0.05) is 10.5 Å². The van der Waals surface area contributed by atoms with E-state index in [2.05, 4.69) is 15.9 Å². The van der Waals surface area contributed by atoms with E-state index in [1.165, 1.54) is 18.2 Å². The Morgan fingerprint density at radius 1 is 1.24 bits per heavy atom.